The van der Waals surface area contributed by atoms with Crippen LogP contribution in [0.2, 0.25) is 0 Å². The summed E-state index contributed by atoms with van der Waals surface area (Å²) in [6, 6.07) is 0. The van der Waals surface area contributed by atoms with Gasteiger partial charge >= 0.3 is 23.1 Å². The summed E-state index contributed by atoms with van der Waals surface area (Å²) in [6.07, 6.45) is 17.7. The molecular formula is C20H36MgO4-2. The van der Waals surface area contributed by atoms with Gasteiger partial charge in [0.25, 0.3) is 0 Å². The molecule has 5 heteroatoms. The first-order valence-corrected chi connectivity index (χ1v) is 9.97. The molecule has 0 spiro atoms. The van der Waals surface area contributed by atoms with Gasteiger partial charge in [0.05, 0.1) is 0 Å². The van der Waals surface area contributed by atoms with E-state index in [0.29, 0.717) is 0 Å². The van der Waals surface area contributed by atoms with E-state index in [0.717, 1.165) is 37.5 Å². The number of carbonyl (C=O) groups is 2. The van der Waals surface area contributed by atoms with Crippen LogP contribution in [0.3, 0.4) is 0 Å². The van der Waals surface area contributed by atoms with Crippen LogP contribution in [0.1, 0.15) is 106 Å². The average molecular weight is 365 g/mol. The Bertz CT molecular complexity index is 324. The zero-order chi connectivity index (χ0) is 17.6. The topological polar surface area (TPSA) is 80.3 Å². The molecule has 2 rings (SSSR count). The minimum atomic E-state index is -0.897. The van der Waals surface area contributed by atoms with Crippen molar-refractivity contribution in [3.8, 4) is 0 Å². The molecule has 0 amide bonds. The number of hydrogen-bond acceptors (Lipinski definition) is 4. The predicted octanol–water partition coefficient (Wildman–Crippen LogP) is 2.82. The van der Waals surface area contributed by atoms with Gasteiger partial charge in [-0.1, -0.05) is 77.0 Å². The van der Waals surface area contributed by atoms with E-state index in [1.54, 1.807) is 0 Å². The molecule has 0 aromatic carbocycles. The van der Waals surface area contributed by atoms with Crippen LogP contribution in [-0.2, 0) is 9.59 Å². The summed E-state index contributed by atoms with van der Waals surface area (Å²) in [5.41, 5.74) is 0. The van der Waals surface area contributed by atoms with Gasteiger partial charge in [0.2, 0.25) is 0 Å². The second-order valence-corrected chi connectivity index (χ2v) is 7.54. The van der Waals surface area contributed by atoms with Crippen molar-refractivity contribution in [1.82, 2.24) is 0 Å². The maximum Gasteiger partial charge on any atom is 2.00 e. The maximum absolute atomic E-state index is 10.1. The Morgan fingerprint density at radius 2 is 1.00 bits per heavy atom. The fourth-order valence-corrected chi connectivity index (χ4v) is 4.02. The van der Waals surface area contributed by atoms with E-state index in [1.807, 2.05) is 0 Å². The summed E-state index contributed by atoms with van der Waals surface area (Å²) in [5, 5.41) is 20.3. The van der Waals surface area contributed by atoms with E-state index < -0.39 is 11.9 Å². The molecule has 2 aliphatic carbocycles. The van der Waals surface area contributed by atoms with Crippen molar-refractivity contribution in [3.63, 3.8) is 0 Å². The minimum Gasteiger partial charge on any atom is -1.00 e. The smallest absolute Gasteiger partial charge is 1.00 e. The first-order valence-electron chi connectivity index (χ1n) is 9.97. The predicted molar refractivity (Wildman–Crippen MR) is 98.8 cm³/mol. The molecule has 0 radical (unpaired) electrons. The van der Waals surface area contributed by atoms with Gasteiger partial charge < -0.3 is 22.7 Å². The molecule has 2 saturated carbocycles. The molecule has 2 aliphatic rings. The molecular weight excluding hydrogens is 329 g/mol. The summed E-state index contributed by atoms with van der Waals surface area (Å²) in [5.74, 6) is -0.187. The van der Waals surface area contributed by atoms with E-state index >= 15 is 0 Å². The zero-order valence-corrected chi connectivity index (χ0v) is 17.2. The zero-order valence-electron chi connectivity index (χ0n) is 17.8. The van der Waals surface area contributed by atoms with Gasteiger partial charge in [0, 0.05) is 11.9 Å². The number of carboxylic acids is 2. The summed E-state index contributed by atoms with van der Waals surface area (Å²) in [6.45, 7) is 0. The molecule has 25 heavy (non-hydrogen) atoms. The molecule has 0 N–H and O–H groups in total. The van der Waals surface area contributed by atoms with Crippen molar-refractivity contribution in [2.45, 2.75) is 103 Å². The Balaban J connectivity index is -0.000000384. The molecule has 144 valence electrons. The fraction of sp³-hybridized carbons (Fsp3) is 0.900. The monoisotopic (exact) mass is 364 g/mol. The third-order valence-corrected chi connectivity index (χ3v) is 5.44. The summed E-state index contributed by atoms with van der Waals surface area (Å²) >= 11 is 0. The van der Waals surface area contributed by atoms with Crippen LogP contribution in [0.25, 0.3) is 0 Å². The molecule has 2 fully saturated rings. The molecule has 0 aromatic rings. The number of carbonyl (C=O) groups excluding carboxylic acids is 2. The minimum absolute atomic E-state index is 0. The molecule has 4 nitrogen and oxygen atoms in total. The van der Waals surface area contributed by atoms with Crippen molar-refractivity contribution in [1.29, 1.82) is 0 Å². The van der Waals surface area contributed by atoms with Crippen LogP contribution in [0.5, 0.6) is 0 Å². The molecule has 0 saturated heterocycles. The number of rotatable bonds is 8. The molecule has 0 aliphatic heterocycles. The van der Waals surface area contributed by atoms with Crippen LogP contribution in [0.4, 0.5) is 0 Å². The largest absolute Gasteiger partial charge is 2.00 e. The van der Waals surface area contributed by atoms with Gasteiger partial charge in [-0.15, -0.1) is 0 Å². The molecule has 0 heterocycles. The van der Waals surface area contributed by atoms with Crippen LogP contribution >= 0.6 is 0 Å². The molecule has 0 aromatic heterocycles. The maximum atomic E-state index is 10.1. The Hall–Kier alpha value is -0.294. The molecule has 0 bridgehead atoms. The normalized spacial score (nSPS) is 18.6. The van der Waals surface area contributed by atoms with Crippen LogP contribution < -0.4 is 10.2 Å². The average Bonchev–Trinajstić information content (AvgIpc) is 2.57. The second kappa shape index (κ2) is 15.9. The summed E-state index contributed by atoms with van der Waals surface area (Å²) < 4.78 is 0. The summed E-state index contributed by atoms with van der Waals surface area (Å²) in [4.78, 5) is 20.3. The van der Waals surface area contributed by atoms with Crippen molar-refractivity contribution in [3.05, 3.63) is 0 Å². The first-order chi connectivity index (χ1) is 11.6. The van der Waals surface area contributed by atoms with Gasteiger partial charge in [-0.05, 0) is 37.5 Å². The SMILES string of the molecule is O=C([O-])CCCC1CCCCC1.O=C([O-])CCCC1CCCCC1.[H-].[H-].[Mg+2]. The number of carboxylic acid groups (broad SMARTS) is 2. The third-order valence-electron chi connectivity index (χ3n) is 5.44. The second-order valence-electron chi connectivity index (χ2n) is 7.54. The van der Waals surface area contributed by atoms with Gasteiger partial charge in [-0.2, -0.15) is 0 Å². The van der Waals surface area contributed by atoms with E-state index in [4.69, 9.17) is 0 Å². The van der Waals surface area contributed by atoms with Crippen molar-refractivity contribution < 1.29 is 22.7 Å². The standard InChI is InChI=1S/2C10H18O2.Mg.2H/c2*11-10(12)8-4-7-9-5-2-1-3-6-9;;;/h2*9H,1-8H2,(H,11,12);;;/q;;+2;2*-1/p-2. The Morgan fingerprint density at radius 3 is 1.28 bits per heavy atom. The van der Waals surface area contributed by atoms with Crippen molar-refractivity contribution >= 4 is 35.0 Å². The molecule has 0 unspecified atom stereocenters. The van der Waals surface area contributed by atoms with Crippen LogP contribution in [-0.4, -0.2) is 35.0 Å². The number of aliphatic carboxylic acids is 2. The van der Waals surface area contributed by atoms with E-state index in [-0.39, 0.29) is 38.7 Å². The quantitative estimate of drug-likeness (QED) is 0.620. The van der Waals surface area contributed by atoms with E-state index in [9.17, 15) is 19.8 Å². The van der Waals surface area contributed by atoms with Gasteiger partial charge in [-0.3, -0.25) is 0 Å². The van der Waals surface area contributed by atoms with E-state index in [2.05, 4.69) is 0 Å². The third kappa shape index (κ3) is 14.6. The Morgan fingerprint density at radius 1 is 0.680 bits per heavy atom. The van der Waals surface area contributed by atoms with Gasteiger partial charge in [0.1, 0.15) is 0 Å². The summed E-state index contributed by atoms with van der Waals surface area (Å²) in [7, 11) is 0. The Labute approximate surface area is 172 Å². The van der Waals surface area contributed by atoms with Crippen molar-refractivity contribution in [2.75, 3.05) is 0 Å². The molecule has 0 atom stereocenters. The first kappa shape index (κ1) is 24.7. The fourth-order valence-electron chi connectivity index (χ4n) is 4.02. The Kier molecular flexibility index (Phi) is 15.7. The van der Waals surface area contributed by atoms with Crippen LogP contribution in [0, 0.1) is 11.8 Å². The van der Waals surface area contributed by atoms with Gasteiger partial charge in [0.15, 0.2) is 0 Å². The number of hydrogen-bond donors (Lipinski definition) is 0. The van der Waals surface area contributed by atoms with Crippen LogP contribution in [0.15, 0.2) is 0 Å². The van der Waals surface area contributed by atoms with Gasteiger partial charge in [-0.25, -0.2) is 0 Å². The van der Waals surface area contributed by atoms with Crippen molar-refractivity contribution in [2.24, 2.45) is 11.8 Å². The van der Waals surface area contributed by atoms with E-state index in [1.165, 1.54) is 64.2 Å².